The highest BCUT2D eigenvalue weighted by atomic mass is 19.1. The van der Waals surface area contributed by atoms with E-state index < -0.39 is 6.10 Å². The summed E-state index contributed by atoms with van der Waals surface area (Å²) >= 11 is 0. The molecular weight excluding hydrogens is 271 g/mol. The lowest BCUT2D eigenvalue weighted by atomic mass is 9.87. The van der Waals surface area contributed by atoms with E-state index in [2.05, 4.69) is 4.90 Å². The summed E-state index contributed by atoms with van der Waals surface area (Å²) < 4.78 is 12.9. The smallest absolute Gasteiger partial charge is 0.234 e. The molecule has 1 aliphatic rings. The van der Waals surface area contributed by atoms with E-state index in [1.165, 1.54) is 12.1 Å². The van der Waals surface area contributed by atoms with Crippen molar-refractivity contribution in [3.63, 3.8) is 0 Å². The zero-order valence-electron chi connectivity index (χ0n) is 12.3. The molecule has 2 atom stereocenters. The summed E-state index contributed by atoms with van der Waals surface area (Å²) in [4.78, 5) is 13.5. The molecule has 0 aliphatic carbocycles. The van der Waals surface area contributed by atoms with Crippen LogP contribution in [-0.4, -0.2) is 35.0 Å². The van der Waals surface area contributed by atoms with Crippen LogP contribution in [0.25, 0.3) is 0 Å². The van der Waals surface area contributed by atoms with Gasteiger partial charge in [-0.15, -0.1) is 0 Å². The molecule has 4 nitrogen and oxygen atoms in total. The highest BCUT2D eigenvalue weighted by molar-refractivity contribution is 5.79. The van der Waals surface area contributed by atoms with Gasteiger partial charge in [-0.05, 0) is 56.0 Å². The molecule has 1 aromatic rings. The fraction of sp³-hybridized carbons (Fsp3) is 0.562. The van der Waals surface area contributed by atoms with E-state index >= 15 is 0 Å². The Hall–Kier alpha value is -1.46. The number of hydrogen-bond donors (Lipinski definition) is 2. The average molecular weight is 294 g/mol. The molecule has 2 unspecified atom stereocenters. The lowest BCUT2D eigenvalue weighted by molar-refractivity contribution is -0.124. The second-order valence-corrected chi connectivity index (χ2v) is 5.70. The maximum absolute atomic E-state index is 12.9. The maximum atomic E-state index is 12.9. The Labute approximate surface area is 124 Å². The van der Waals surface area contributed by atoms with E-state index in [1.54, 1.807) is 12.1 Å². The Balaban J connectivity index is 1.94. The Morgan fingerprint density at radius 3 is 2.43 bits per heavy atom. The van der Waals surface area contributed by atoms with Gasteiger partial charge in [0.05, 0.1) is 12.1 Å². The van der Waals surface area contributed by atoms with Crippen LogP contribution in [0.3, 0.4) is 0 Å². The standard InChI is InChI=1S/C16H23FN2O2/c1-2-14(16(18)21)19-9-7-12(8-10-19)15(20)11-3-5-13(17)6-4-11/h3-6,12,14-15,20H,2,7-10H2,1H3,(H2,18,21). The van der Waals surface area contributed by atoms with Gasteiger partial charge in [-0.25, -0.2) is 4.39 Å². The predicted molar refractivity (Wildman–Crippen MR) is 78.9 cm³/mol. The number of carbonyl (C=O) groups excluding carboxylic acids is 1. The van der Waals surface area contributed by atoms with Gasteiger partial charge in [0.2, 0.25) is 5.91 Å². The lowest BCUT2D eigenvalue weighted by Gasteiger charge is -2.37. The minimum Gasteiger partial charge on any atom is -0.388 e. The van der Waals surface area contributed by atoms with Gasteiger partial charge >= 0.3 is 0 Å². The first-order chi connectivity index (χ1) is 10.0. The van der Waals surface area contributed by atoms with Gasteiger partial charge in [0.15, 0.2) is 0 Å². The first kappa shape index (κ1) is 15.9. The number of piperidine rings is 1. The molecule has 1 aliphatic heterocycles. The van der Waals surface area contributed by atoms with Crippen LogP contribution in [-0.2, 0) is 4.79 Å². The highest BCUT2D eigenvalue weighted by Gasteiger charge is 2.30. The molecule has 5 heteroatoms. The van der Waals surface area contributed by atoms with Crippen molar-refractivity contribution in [3.8, 4) is 0 Å². The summed E-state index contributed by atoms with van der Waals surface area (Å²) in [5, 5.41) is 10.4. The molecule has 0 saturated carbocycles. The Morgan fingerprint density at radius 2 is 1.95 bits per heavy atom. The Kier molecular flexibility index (Phi) is 5.31. The first-order valence-electron chi connectivity index (χ1n) is 7.49. The molecule has 1 saturated heterocycles. The molecule has 1 amide bonds. The molecule has 1 fully saturated rings. The van der Waals surface area contributed by atoms with Gasteiger partial charge in [0.25, 0.3) is 0 Å². The lowest BCUT2D eigenvalue weighted by Crippen LogP contribution is -2.48. The third-order valence-electron chi connectivity index (χ3n) is 4.39. The molecule has 3 N–H and O–H groups in total. The van der Waals surface area contributed by atoms with Gasteiger partial charge in [-0.3, -0.25) is 9.69 Å². The third kappa shape index (κ3) is 3.80. The fourth-order valence-corrected chi connectivity index (χ4v) is 3.12. The van der Waals surface area contributed by atoms with Crippen LogP contribution in [0.2, 0.25) is 0 Å². The number of hydrogen-bond acceptors (Lipinski definition) is 3. The SMILES string of the molecule is CCC(C(N)=O)N1CCC(C(O)c2ccc(F)cc2)CC1. The summed E-state index contributed by atoms with van der Waals surface area (Å²) in [6.45, 7) is 3.46. The van der Waals surface area contributed by atoms with Crippen LogP contribution in [0.5, 0.6) is 0 Å². The monoisotopic (exact) mass is 294 g/mol. The number of primary amides is 1. The second-order valence-electron chi connectivity index (χ2n) is 5.70. The van der Waals surface area contributed by atoms with Crippen molar-refractivity contribution in [1.82, 2.24) is 4.90 Å². The molecular formula is C16H23FN2O2. The number of nitrogens with zero attached hydrogens (tertiary/aromatic N) is 1. The summed E-state index contributed by atoms with van der Waals surface area (Å²) in [7, 11) is 0. The van der Waals surface area contributed by atoms with Crippen LogP contribution in [0.15, 0.2) is 24.3 Å². The van der Waals surface area contributed by atoms with Gasteiger partial charge in [0.1, 0.15) is 5.82 Å². The van der Waals surface area contributed by atoms with Crippen molar-refractivity contribution in [1.29, 1.82) is 0 Å². The van der Waals surface area contributed by atoms with Gasteiger partial charge in [-0.2, -0.15) is 0 Å². The minimum atomic E-state index is -0.582. The van der Waals surface area contributed by atoms with Crippen LogP contribution in [0.4, 0.5) is 4.39 Å². The largest absolute Gasteiger partial charge is 0.388 e. The normalized spacial score (nSPS) is 20.1. The zero-order valence-corrected chi connectivity index (χ0v) is 12.3. The number of aliphatic hydroxyl groups is 1. The van der Waals surface area contributed by atoms with Crippen molar-refractivity contribution in [2.75, 3.05) is 13.1 Å². The van der Waals surface area contributed by atoms with Crippen molar-refractivity contribution in [2.24, 2.45) is 11.7 Å². The van der Waals surface area contributed by atoms with E-state index in [9.17, 15) is 14.3 Å². The number of likely N-dealkylation sites (tertiary alicyclic amines) is 1. The molecule has 1 aromatic carbocycles. The van der Waals surface area contributed by atoms with Crippen molar-refractivity contribution in [2.45, 2.75) is 38.3 Å². The number of halogens is 1. The van der Waals surface area contributed by atoms with Crippen molar-refractivity contribution < 1.29 is 14.3 Å². The molecule has 116 valence electrons. The van der Waals surface area contributed by atoms with E-state index in [0.29, 0.717) is 6.42 Å². The summed E-state index contributed by atoms with van der Waals surface area (Å²) in [6, 6.07) is 5.78. The van der Waals surface area contributed by atoms with Crippen LogP contribution in [0, 0.1) is 11.7 Å². The summed E-state index contributed by atoms with van der Waals surface area (Å²) in [6.07, 6.45) is 1.74. The number of nitrogens with two attached hydrogens (primary N) is 1. The first-order valence-corrected chi connectivity index (χ1v) is 7.49. The van der Waals surface area contributed by atoms with Crippen molar-refractivity contribution in [3.05, 3.63) is 35.6 Å². The number of aliphatic hydroxyl groups excluding tert-OH is 1. The average Bonchev–Trinajstić information content (AvgIpc) is 2.48. The molecule has 0 radical (unpaired) electrons. The summed E-state index contributed by atoms with van der Waals surface area (Å²) in [5.41, 5.74) is 6.16. The number of amides is 1. The highest BCUT2D eigenvalue weighted by Crippen LogP contribution is 2.31. The molecule has 0 aromatic heterocycles. The topological polar surface area (TPSA) is 66.6 Å². The van der Waals surface area contributed by atoms with E-state index in [-0.39, 0.29) is 23.7 Å². The Morgan fingerprint density at radius 1 is 1.38 bits per heavy atom. The number of benzene rings is 1. The van der Waals surface area contributed by atoms with Crippen LogP contribution >= 0.6 is 0 Å². The van der Waals surface area contributed by atoms with Crippen molar-refractivity contribution >= 4 is 5.91 Å². The quantitative estimate of drug-likeness (QED) is 0.870. The van der Waals surface area contributed by atoms with Gasteiger partial charge in [-0.1, -0.05) is 19.1 Å². The van der Waals surface area contributed by atoms with Crippen LogP contribution in [0.1, 0.15) is 37.9 Å². The molecule has 1 heterocycles. The third-order valence-corrected chi connectivity index (χ3v) is 4.39. The Bertz CT molecular complexity index is 470. The summed E-state index contributed by atoms with van der Waals surface area (Å²) in [5.74, 6) is -0.444. The number of carbonyl (C=O) groups is 1. The van der Waals surface area contributed by atoms with Gasteiger partial charge in [0, 0.05) is 0 Å². The maximum Gasteiger partial charge on any atom is 0.234 e. The van der Waals surface area contributed by atoms with E-state index in [1.807, 2.05) is 6.92 Å². The van der Waals surface area contributed by atoms with E-state index in [4.69, 9.17) is 5.73 Å². The minimum absolute atomic E-state index is 0.136. The molecule has 21 heavy (non-hydrogen) atoms. The van der Waals surface area contributed by atoms with E-state index in [0.717, 1.165) is 31.5 Å². The zero-order chi connectivity index (χ0) is 15.4. The molecule has 0 spiro atoms. The fourth-order valence-electron chi connectivity index (χ4n) is 3.12. The second kappa shape index (κ2) is 7.00. The number of rotatable bonds is 5. The molecule has 2 rings (SSSR count). The van der Waals surface area contributed by atoms with Crippen LogP contribution < -0.4 is 5.73 Å². The predicted octanol–water partition coefficient (Wildman–Crippen LogP) is 1.83. The van der Waals surface area contributed by atoms with Gasteiger partial charge < -0.3 is 10.8 Å². The molecule has 0 bridgehead atoms.